The summed E-state index contributed by atoms with van der Waals surface area (Å²) in [5, 5.41) is 5.41. The number of carbonyl (C=O) groups is 1. The molecule has 0 saturated carbocycles. The molecule has 0 bridgehead atoms. The number of aromatic nitrogens is 3. The van der Waals surface area contributed by atoms with E-state index in [4.69, 9.17) is 9.97 Å². The molecule has 5 rings (SSSR count). The van der Waals surface area contributed by atoms with Crippen LogP contribution in [-0.2, 0) is 0 Å². The second kappa shape index (κ2) is 8.86. The Balaban J connectivity index is 1.42. The van der Waals surface area contributed by atoms with E-state index >= 15 is 0 Å². The molecule has 2 N–H and O–H groups in total. The van der Waals surface area contributed by atoms with Crippen molar-refractivity contribution in [3.8, 4) is 11.5 Å². The van der Waals surface area contributed by atoms with E-state index in [0.717, 1.165) is 46.9 Å². The Hall–Kier alpha value is -3.25. The monoisotopic (exact) mass is 413 g/mol. The number of para-hydroxylation sites is 2. The minimum absolute atomic E-state index is 0.538. The van der Waals surface area contributed by atoms with Crippen LogP contribution in [-0.4, -0.2) is 52.3 Å². The number of H-pyrrole nitrogens is 1. The van der Waals surface area contributed by atoms with Crippen LogP contribution in [0.15, 0.2) is 48.5 Å². The summed E-state index contributed by atoms with van der Waals surface area (Å²) in [4.78, 5) is 27.4. The minimum Gasteiger partial charge on any atom is -0.369 e. The number of anilines is 1. The Morgan fingerprint density at radius 1 is 0.968 bits per heavy atom. The second-order valence-corrected chi connectivity index (χ2v) is 8.17. The fraction of sp³-hybridized carbons (Fsp3) is 0.320. The third-order valence-electron chi connectivity index (χ3n) is 6.08. The maximum atomic E-state index is 11.9. The molecule has 158 valence electrons. The van der Waals surface area contributed by atoms with Gasteiger partial charge in [-0.3, -0.25) is 4.79 Å². The van der Waals surface area contributed by atoms with Gasteiger partial charge in [-0.1, -0.05) is 30.3 Å². The summed E-state index contributed by atoms with van der Waals surface area (Å²) in [5.74, 6) is 1.36. The molecule has 6 nitrogen and oxygen atoms in total. The van der Waals surface area contributed by atoms with Crippen molar-refractivity contribution in [2.45, 2.75) is 25.7 Å². The number of unbranched alkanes of at least 4 members (excludes halogenated alkanes) is 1. The van der Waals surface area contributed by atoms with Crippen molar-refractivity contribution in [2.75, 3.05) is 31.5 Å². The highest BCUT2D eigenvalue weighted by Crippen LogP contribution is 2.30. The zero-order valence-corrected chi connectivity index (χ0v) is 17.6. The molecule has 1 saturated heterocycles. The molecule has 1 aliphatic heterocycles. The number of fused-ring (bicyclic) bond motifs is 2. The molecule has 31 heavy (non-hydrogen) atoms. The Kier molecular flexibility index (Phi) is 5.63. The molecule has 0 unspecified atom stereocenters. The largest absolute Gasteiger partial charge is 0.369 e. The standard InChI is InChI=1S/C25H27N5O/c31-17-20-18-9-1-3-11-21(18)27-23(20)25-28-22-12-4-2-10-19(22)24(29-25)26-13-5-6-14-30-15-7-8-16-30/h1-4,9-12,17,27H,5-8,13-16H2,(H,26,28,29). The SMILES string of the molecule is O=Cc1c(-c2nc(NCCCCN3CCCC3)c3ccccc3n2)[nH]c2ccccc12. The molecule has 3 heterocycles. The van der Waals surface area contributed by atoms with Gasteiger partial charge in [0, 0.05) is 22.8 Å². The summed E-state index contributed by atoms with van der Waals surface area (Å²) < 4.78 is 0. The number of nitrogens with one attached hydrogen (secondary N) is 2. The predicted molar refractivity (Wildman–Crippen MR) is 126 cm³/mol. The van der Waals surface area contributed by atoms with Gasteiger partial charge in [-0.2, -0.15) is 0 Å². The van der Waals surface area contributed by atoms with E-state index in [-0.39, 0.29) is 0 Å². The predicted octanol–water partition coefficient (Wildman–Crippen LogP) is 4.88. The Morgan fingerprint density at radius 2 is 1.74 bits per heavy atom. The second-order valence-electron chi connectivity index (χ2n) is 8.17. The van der Waals surface area contributed by atoms with Crippen LogP contribution < -0.4 is 5.32 Å². The molecule has 1 fully saturated rings. The van der Waals surface area contributed by atoms with E-state index in [2.05, 4.69) is 15.2 Å². The zero-order chi connectivity index (χ0) is 21.0. The lowest BCUT2D eigenvalue weighted by atomic mass is 10.1. The number of aldehydes is 1. The van der Waals surface area contributed by atoms with Crippen LogP contribution in [0.5, 0.6) is 0 Å². The van der Waals surface area contributed by atoms with Crippen molar-refractivity contribution < 1.29 is 4.79 Å². The van der Waals surface area contributed by atoms with Gasteiger partial charge in [-0.15, -0.1) is 0 Å². The van der Waals surface area contributed by atoms with E-state index in [1.165, 1.54) is 38.9 Å². The highest BCUT2D eigenvalue weighted by atomic mass is 16.1. The summed E-state index contributed by atoms with van der Waals surface area (Å²) >= 11 is 0. The summed E-state index contributed by atoms with van der Waals surface area (Å²) in [6, 6.07) is 15.8. The number of likely N-dealkylation sites (tertiary alicyclic amines) is 1. The van der Waals surface area contributed by atoms with Crippen LogP contribution in [0.4, 0.5) is 5.82 Å². The van der Waals surface area contributed by atoms with Gasteiger partial charge in [-0.05, 0) is 63.5 Å². The highest BCUT2D eigenvalue weighted by molar-refractivity contribution is 6.04. The lowest BCUT2D eigenvalue weighted by molar-refractivity contribution is 0.112. The molecule has 2 aromatic carbocycles. The van der Waals surface area contributed by atoms with Crippen molar-refractivity contribution >= 4 is 33.9 Å². The molecule has 0 radical (unpaired) electrons. The zero-order valence-electron chi connectivity index (χ0n) is 17.6. The van der Waals surface area contributed by atoms with Crippen LogP contribution in [0.25, 0.3) is 33.3 Å². The average molecular weight is 414 g/mol. The summed E-state index contributed by atoms with van der Waals surface area (Å²) in [6.07, 6.45) is 5.84. The number of carbonyl (C=O) groups excluding carboxylic acids is 1. The molecule has 6 heteroatoms. The maximum Gasteiger partial charge on any atom is 0.179 e. The Labute approximate surface area is 181 Å². The molecule has 0 aliphatic carbocycles. The lowest BCUT2D eigenvalue weighted by Crippen LogP contribution is -2.21. The first-order chi connectivity index (χ1) is 15.3. The number of hydrogen-bond acceptors (Lipinski definition) is 5. The first kappa shape index (κ1) is 19.7. The van der Waals surface area contributed by atoms with Crippen LogP contribution in [0.1, 0.15) is 36.0 Å². The number of nitrogens with zero attached hydrogens (tertiary/aromatic N) is 3. The van der Waals surface area contributed by atoms with Gasteiger partial charge in [0.25, 0.3) is 0 Å². The third kappa shape index (κ3) is 4.03. The average Bonchev–Trinajstić information content (AvgIpc) is 3.46. The van der Waals surface area contributed by atoms with Crippen molar-refractivity contribution in [1.29, 1.82) is 0 Å². The van der Waals surface area contributed by atoms with Crippen molar-refractivity contribution in [2.24, 2.45) is 0 Å². The first-order valence-corrected chi connectivity index (χ1v) is 11.1. The van der Waals surface area contributed by atoms with Gasteiger partial charge >= 0.3 is 0 Å². The smallest absolute Gasteiger partial charge is 0.179 e. The van der Waals surface area contributed by atoms with Crippen LogP contribution >= 0.6 is 0 Å². The number of rotatable bonds is 8. The molecule has 2 aromatic heterocycles. The number of aromatic amines is 1. The van der Waals surface area contributed by atoms with Gasteiger partial charge in [0.15, 0.2) is 12.1 Å². The van der Waals surface area contributed by atoms with E-state index in [0.29, 0.717) is 17.1 Å². The van der Waals surface area contributed by atoms with Gasteiger partial charge in [0.1, 0.15) is 5.82 Å². The fourth-order valence-corrected chi connectivity index (χ4v) is 4.46. The quantitative estimate of drug-likeness (QED) is 0.318. The van der Waals surface area contributed by atoms with Crippen molar-refractivity contribution in [1.82, 2.24) is 19.9 Å². The third-order valence-corrected chi connectivity index (χ3v) is 6.08. The molecule has 0 atom stereocenters. The topological polar surface area (TPSA) is 73.9 Å². The normalized spacial score (nSPS) is 14.5. The molecule has 1 aliphatic rings. The Morgan fingerprint density at radius 3 is 2.58 bits per heavy atom. The van der Waals surface area contributed by atoms with E-state index < -0.39 is 0 Å². The van der Waals surface area contributed by atoms with E-state index in [1.807, 2.05) is 48.5 Å². The van der Waals surface area contributed by atoms with Crippen molar-refractivity contribution in [3.05, 3.63) is 54.1 Å². The lowest BCUT2D eigenvalue weighted by Gasteiger charge is -2.14. The van der Waals surface area contributed by atoms with Crippen LogP contribution in [0.3, 0.4) is 0 Å². The molecular formula is C25H27N5O. The Bertz CT molecular complexity index is 1210. The van der Waals surface area contributed by atoms with Gasteiger partial charge in [0.05, 0.1) is 16.8 Å². The summed E-state index contributed by atoms with van der Waals surface area (Å²) in [7, 11) is 0. The minimum atomic E-state index is 0.538. The number of benzene rings is 2. The van der Waals surface area contributed by atoms with E-state index in [1.54, 1.807) is 0 Å². The highest BCUT2D eigenvalue weighted by Gasteiger charge is 2.17. The molecular weight excluding hydrogens is 386 g/mol. The number of hydrogen-bond donors (Lipinski definition) is 2. The first-order valence-electron chi connectivity index (χ1n) is 11.1. The van der Waals surface area contributed by atoms with Gasteiger partial charge < -0.3 is 15.2 Å². The summed E-state index contributed by atoms with van der Waals surface area (Å²) in [5.41, 5.74) is 3.04. The van der Waals surface area contributed by atoms with Crippen LogP contribution in [0.2, 0.25) is 0 Å². The maximum absolute atomic E-state index is 11.9. The fourth-order valence-electron chi connectivity index (χ4n) is 4.46. The van der Waals surface area contributed by atoms with Crippen LogP contribution in [0, 0.1) is 0 Å². The molecule has 0 spiro atoms. The van der Waals surface area contributed by atoms with Gasteiger partial charge in [-0.25, -0.2) is 9.97 Å². The van der Waals surface area contributed by atoms with Gasteiger partial charge in [0.2, 0.25) is 0 Å². The molecule has 4 aromatic rings. The molecule has 0 amide bonds. The van der Waals surface area contributed by atoms with Crippen molar-refractivity contribution in [3.63, 3.8) is 0 Å². The van der Waals surface area contributed by atoms with E-state index in [9.17, 15) is 4.79 Å². The summed E-state index contributed by atoms with van der Waals surface area (Å²) in [6.45, 7) is 4.53.